The van der Waals surface area contributed by atoms with E-state index in [9.17, 15) is 4.39 Å². The van der Waals surface area contributed by atoms with Gasteiger partial charge in [-0.3, -0.25) is 4.90 Å². The molecule has 0 aromatic carbocycles. The summed E-state index contributed by atoms with van der Waals surface area (Å²) in [7, 11) is 0. The zero-order chi connectivity index (χ0) is 15.8. The minimum Gasteiger partial charge on any atom is -0.366 e. The van der Waals surface area contributed by atoms with Gasteiger partial charge in [-0.1, -0.05) is 6.92 Å². The van der Waals surface area contributed by atoms with E-state index in [2.05, 4.69) is 60.1 Å². The van der Waals surface area contributed by atoms with Crippen molar-refractivity contribution in [2.75, 3.05) is 30.3 Å². The Morgan fingerprint density at radius 3 is 2.38 bits per heavy atom. The van der Waals surface area contributed by atoms with Crippen LogP contribution in [0.4, 0.5) is 16.2 Å². The lowest BCUT2D eigenvalue weighted by molar-refractivity contribution is 0.182. The van der Waals surface area contributed by atoms with Gasteiger partial charge in [-0.05, 0) is 34.1 Å². The second-order valence-corrected chi connectivity index (χ2v) is 5.67. The number of anilines is 2. The maximum atomic E-state index is 13.7. The lowest BCUT2D eigenvalue weighted by Crippen LogP contribution is -2.40. The van der Waals surface area contributed by atoms with Crippen LogP contribution in [0.1, 0.15) is 41.0 Å². The van der Waals surface area contributed by atoms with Gasteiger partial charge in [0, 0.05) is 31.7 Å². The molecule has 0 unspecified atom stereocenters. The predicted molar refractivity (Wildman–Crippen MR) is 86.2 cm³/mol. The first-order chi connectivity index (χ1) is 9.95. The van der Waals surface area contributed by atoms with Crippen molar-refractivity contribution in [1.29, 1.82) is 0 Å². The van der Waals surface area contributed by atoms with Crippen LogP contribution in [0, 0.1) is 5.82 Å². The number of aromatic nitrogens is 2. The van der Waals surface area contributed by atoms with Crippen LogP contribution >= 0.6 is 0 Å². The minimum absolute atomic E-state index is 0.260. The van der Waals surface area contributed by atoms with E-state index >= 15 is 0 Å². The fourth-order valence-electron chi connectivity index (χ4n) is 2.23. The summed E-state index contributed by atoms with van der Waals surface area (Å²) in [5.74, 6) is 0.305. The molecule has 0 aliphatic heterocycles. The molecule has 21 heavy (non-hydrogen) atoms. The standard InChI is InChI=1S/C15H28FN5/c1-6-7-18-15-19-10-13(16)14(20-15)17-8-9-21(11(2)3)12(4)5/h10-12H,6-9H2,1-5H3,(H2,17,18,19,20). The van der Waals surface area contributed by atoms with Crippen molar-refractivity contribution >= 4 is 11.8 Å². The molecule has 0 aliphatic rings. The molecule has 2 N–H and O–H groups in total. The number of hydrogen-bond donors (Lipinski definition) is 2. The molecule has 0 spiro atoms. The van der Waals surface area contributed by atoms with Crippen LogP contribution in [0.2, 0.25) is 0 Å². The van der Waals surface area contributed by atoms with Crippen molar-refractivity contribution in [1.82, 2.24) is 14.9 Å². The van der Waals surface area contributed by atoms with Crippen LogP contribution < -0.4 is 10.6 Å². The van der Waals surface area contributed by atoms with Gasteiger partial charge in [-0.2, -0.15) is 4.98 Å². The van der Waals surface area contributed by atoms with E-state index in [1.807, 2.05) is 0 Å². The SMILES string of the molecule is CCCNc1ncc(F)c(NCCN(C(C)C)C(C)C)n1. The monoisotopic (exact) mass is 297 g/mol. The number of rotatable bonds is 9. The highest BCUT2D eigenvalue weighted by molar-refractivity contribution is 5.40. The minimum atomic E-state index is -0.419. The van der Waals surface area contributed by atoms with Crippen LogP contribution in [0.25, 0.3) is 0 Å². The topological polar surface area (TPSA) is 53.1 Å². The van der Waals surface area contributed by atoms with Crippen LogP contribution in [-0.2, 0) is 0 Å². The Labute approximate surface area is 127 Å². The Kier molecular flexibility index (Phi) is 7.36. The maximum Gasteiger partial charge on any atom is 0.224 e. The Morgan fingerprint density at radius 1 is 1.14 bits per heavy atom. The molecular weight excluding hydrogens is 269 g/mol. The highest BCUT2D eigenvalue weighted by Crippen LogP contribution is 2.12. The van der Waals surface area contributed by atoms with Gasteiger partial charge < -0.3 is 10.6 Å². The van der Waals surface area contributed by atoms with Crippen molar-refractivity contribution in [2.24, 2.45) is 0 Å². The van der Waals surface area contributed by atoms with E-state index in [1.165, 1.54) is 6.20 Å². The van der Waals surface area contributed by atoms with Gasteiger partial charge in [-0.25, -0.2) is 9.37 Å². The van der Waals surface area contributed by atoms with Crippen molar-refractivity contribution in [3.8, 4) is 0 Å². The highest BCUT2D eigenvalue weighted by Gasteiger charge is 2.13. The number of nitrogens with zero attached hydrogens (tertiary/aromatic N) is 3. The molecule has 0 saturated heterocycles. The molecule has 1 heterocycles. The first-order valence-corrected chi connectivity index (χ1v) is 7.71. The van der Waals surface area contributed by atoms with Crippen LogP contribution in [0.5, 0.6) is 0 Å². The molecule has 1 rings (SSSR count). The van der Waals surface area contributed by atoms with Gasteiger partial charge in [0.2, 0.25) is 5.95 Å². The molecule has 0 aliphatic carbocycles. The molecule has 1 aromatic rings. The zero-order valence-corrected chi connectivity index (χ0v) is 13.8. The fourth-order valence-corrected chi connectivity index (χ4v) is 2.23. The van der Waals surface area contributed by atoms with E-state index in [-0.39, 0.29) is 5.82 Å². The van der Waals surface area contributed by atoms with Crippen molar-refractivity contribution < 1.29 is 4.39 Å². The first kappa shape index (κ1) is 17.6. The Balaban J connectivity index is 2.57. The largest absolute Gasteiger partial charge is 0.366 e. The van der Waals surface area contributed by atoms with Crippen molar-refractivity contribution in [3.63, 3.8) is 0 Å². The van der Waals surface area contributed by atoms with Crippen LogP contribution in [0.15, 0.2) is 6.20 Å². The van der Waals surface area contributed by atoms with Gasteiger partial charge in [0.1, 0.15) is 0 Å². The van der Waals surface area contributed by atoms with Crippen LogP contribution in [-0.4, -0.2) is 46.6 Å². The molecule has 120 valence electrons. The average molecular weight is 297 g/mol. The Morgan fingerprint density at radius 2 is 1.81 bits per heavy atom. The molecule has 1 aromatic heterocycles. The summed E-state index contributed by atoms with van der Waals surface area (Å²) in [4.78, 5) is 10.4. The third-order valence-corrected chi connectivity index (χ3v) is 3.27. The quantitative estimate of drug-likeness (QED) is 0.734. The third kappa shape index (κ3) is 5.83. The first-order valence-electron chi connectivity index (χ1n) is 7.71. The number of halogens is 1. The summed E-state index contributed by atoms with van der Waals surface area (Å²) in [6.07, 6.45) is 2.18. The van der Waals surface area contributed by atoms with E-state index in [0.717, 1.165) is 19.5 Å². The molecule has 5 nitrogen and oxygen atoms in total. The lowest BCUT2D eigenvalue weighted by Gasteiger charge is -2.30. The molecule has 0 bridgehead atoms. The van der Waals surface area contributed by atoms with Gasteiger partial charge in [0.15, 0.2) is 11.6 Å². The summed E-state index contributed by atoms with van der Waals surface area (Å²) in [6.45, 7) is 13.0. The molecule has 0 fully saturated rings. The maximum absolute atomic E-state index is 13.7. The van der Waals surface area contributed by atoms with E-state index < -0.39 is 5.82 Å². The number of nitrogens with one attached hydrogen (secondary N) is 2. The lowest BCUT2D eigenvalue weighted by atomic mass is 10.2. The normalized spacial score (nSPS) is 11.5. The molecule has 0 saturated carbocycles. The summed E-state index contributed by atoms with van der Waals surface area (Å²) in [6, 6.07) is 0.924. The summed E-state index contributed by atoms with van der Waals surface area (Å²) in [5, 5.41) is 6.12. The highest BCUT2D eigenvalue weighted by atomic mass is 19.1. The molecule has 0 atom stereocenters. The van der Waals surface area contributed by atoms with Crippen molar-refractivity contribution in [3.05, 3.63) is 12.0 Å². The van der Waals surface area contributed by atoms with E-state index in [1.54, 1.807) is 0 Å². The van der Waals surface area contributed by atoms with Gasteiger partial charge in [0.25, 0.3) is 0 Å². The molecule has 0 radical (unpaired) electrons. The van der Waals surface area contributed by atoms with Crippen molar-refractivity contribution in [2.45, 2.75) is 53.1 Å². The third-order valence-electron chi connectivity index (χ3n) is 3.27. The average Bonchev–Trinajstić information content (AvgIpc) is 2.42. The predicted octanol–water partition coefficient (Wildman–Crippen LogP) is 2.97. The summed E-state index contributed by atoms with van der Waals surface area (Å²) < 4.78 is 13.7. The summed E-state index contributed by atoms with van der Waals surface area (Å²) >= 11 is 0. The second-order valence-electron chi connectivity index (χ2n) is 5.67. The zero-order valence-electron chi connectivity index (χ0n) is 13.8. The smallest absolute Gasteiger partial charge is 0.224 e. The Hall–Kier alpha value is -1.43. The summed E-state index contributed by atoms with van der Waals surface area (Å²) in [5.41, 5.74) is 0. The van der Waals surface area contributed by atoms with Crippen LogP contribution in [0.3, 0.4) is 0 Å². The van der Waals surface area contributed by atoms with Gasteiger partial charge in [-0.15, -0.1) is 0 Å². The van der Waals surface area contributed by atoms with Gasteiger partial charge in [0.05, 0.1) is 6.20 Å². The van der Waals surface area contributed by atoms with E-state index in [4.69, 9.17) is 0 Å². The molecule has 6 heteroatoms. The van der Waals surface area contributed by atoms with E-state index in [0.29, 0.717) is 24.6 Å². The van der Waals surface area contributed by atoms with Gasteiger partial charge >= 0.3 is 0 Å². The number of hydrogen-bond acceptors (Lipinski definition) is 5. The molecule has 0 amide bonds. The fraction of sp³-hybridized carbons (Fsp3) is 0.733. The second kappa shape index (κ2) is 8.77. The Bertz CT molecular complexity index is 415. The molecular formula is C15H28FN5.